The number of aryl methyl sites for hydroxylation is 2. The highest BCUT2D eigenvalue weighted by Gasteiger charge is 2.24. The standard InChI is InChI=1S/C21H25FN4.HI/c22-19-6-1-2-7-20(19)26-11-10-15(14-26)13-24-21(23)25-18-9-8-16-4-3-5-17(16)12-18;/h1-2,6-9,12,15H,3-5,10-11,13-14H2,(H3,23,24,25);1H. The van der Waals surface area contributed by atoms with Gasteiger partial charge in [0.15, 0.2) is 5.96 Å². The molecule has 0 bridgehead atoms. The molecule has 2 aromatic rings. The maximum Gasteiger partial charge on any atom is 0.193 e. The molecule has 4 rings (SSSR count). The lowest BCUT2D eigenvalue weighted by molar-refractivity contribution is 0.598. The SMILES string of the molecule is I.NC(=NCC1CCN(c2ccccc2F)C1)Nc1ccc2c(c1)CCC2. The third-order valence-corrected chi connectivity index (χ3v) is 5.37. The number of halogens is 2. The molecule has 2 aliphatic rings. The zero-order valence-corrected chi connectivity index (χ0v) is 17.7. The maximum absolute atomic E-state index is 13.9. The molecule has 0 saturated carbocycles. The molecular weight excluding hydrogens is 454 g/mol. The van der Waals surface area contributed by atoms with Crippen molar-refractivity contribution in [2.24, 2.45) is 16.6 Å². The number of rotatable bonds is 4. The highest BCUT2D eigenvalue weighted by Crippen LogP contribution is 2.27. The summed E-state index contributed by atoms with van der Waals surface area (Å²) in [6, 6.07) is 13.4. The van der Waals surface area contributed by atoms with Crippen LogP contribution in [0.25, 0.3) is 0 Å². The Balaban J connectivity index is 0.00000210. The first-order valence-corrected chi connectivity index (χ1v) is 9.37. The van der Waals surface area contributed by atoms with Crippen LogP contribution in [0.15, 0.2) is 47.5 Å². The van der Waals surface area contributed by atoms with Gasteiger partial charge in [-0.2, -0.15) is 0 Å². The fraction of sp³-hybridized carbons (Fsp3) is 0.381. The molecule has 0 amide bonds. The first-order valence-electron chi connectivity index (χ1n) is 9.37. The first-order chi connectivity index (χ1) is 12.7. The maximum atomic E-state index is 13.9. The molecule has 0 aromatic heterocycles. The van der Waals surface area contributed by atoms with Crippen molar-refractivity contribution < 1.29 is 4.39 Å². The first kappa shape index (κ1) is 19.9. The van der Waals surface area contributed by atoms with Crippen molar-refractivity contribution in [3.05, 3.63) is 59.4 Å². The Morgan fingerprint density at radius 3 is 2.85 bits per heavy atom. The number of anilines is 2. The van der Waals surface area contributed by atoms with Gasteiger partial charge in [0.05, 0.1) is 5.69 Å². The molecule has 3 N–H and O–H groups in total. The molecular formula is C21H26FIN4. The highest BCUT2D eigenvalue weighted by molar-refractivity contribution is 14.0. The number of guanidine groups is 1. The Bertz CT molecular complexity index is 824. The number of nitrogens with one attached hydrogen (secondary N) is 1. The third kappa shape index (κ3) is 4.72. The van der Waals surface area contributed by atoms with Crippen LogP contribution in [-0.2, 0) is 12.8 Å². The lowest BCUT2D eigenvalue weighted by Crippen LogP contribution is -2.25. The van der Waals surface area contributed by atoms with Crippen LogP contribution < -0.4 is 16.0 Å². The molecule has 1 atom stereocenters. The molecule has 1 fully saturated rings. The summed E-state index contributed by atoms with van der Waals surface area (Å²) in [4.78, 5) is 6.61. The van der Waals surface area contributed by atoms with Crippen molar-refractivity contribution in [1.29, 1.82) is 0 Å². The minimum Gasteiger partial charge on any atom is -0.370 e. The number of hydrogen-bond acceptors (Lipinski definition) is 2. The summed E-state index contributed by atoms with van der Waals surface area (Å²) in [6.07, 6.45) is 4.57. The second kappa shape index (κ2) is 8.91. The highest BCUT2D eigenvalue weighted by atomic mass is 127. The number of aliphatic imine (C=N–C) groups is 1. The summed E-state index contributed by atoms with van der Waals surface area (Å²) in [7, 11) is 0. The van der Waals surface area contributed by atoms with Gasteiger partial charge in [-0.25, -0.2) is 4.39 Å². The van der Waals surface area contributed by atoms with Gasteiger partial charge in [0.25, 0.3) is 0 Å². The molecule has 1 aliphatic heterocycles. The van der Waals surface area contributed by atoms with Crippen LogP contribution in [0.3, 0.4) is 0 Å². The fourth-order valence-corrected chi connectivity index (χ4v) is 3.97. The predicted octanol–water partition coefficient (Wildman–Crippen LogP) is 4.19. The van der Waals surface area contributed by atoms with Crippen LogP contribution in [0, 0.1) is 11.7 Å². The zero-order valence-electron chi connectivity index (χ0n) is 15.3. The zero-order chi connectivity index (χ0) is 17.9. The molecule has 144 valence electrons. The summed E-state index contributed by atoms with van der Waals surface area (Å²) < 4.78 is 13.9. The van der Waals surface area contributed by atoms with Crippen LogP contribution in [0.2, 0.25) is 0 Å². The van der Waals surface area contributed by atoms with Crippen LogP contribution in [0.5, 0.6) is 0 Å². The van der Waals surface area contributed by atoms with Crippen LogP contribution in [-0.4, -0.2) is 25.6 Å². The number of para-hydroxylation sites is 1. The van der Waals surface area contributed by atoms with Crippen LogP contribution >= 0.6 is 24.0 Å². The number of hydrogen-bond donors (Lipinski definition) is 2. The second-order valence-corrected chi connectivity index (χ2v) is 7.24. The Morgan fingerprint density at radius 2 is 2.00 bits per heavy atom. The van der Waals surface area contributed by atoms with E-state index in [1.54, 1.807) is 6.07 Å². The Labute approximate surface area is 177 Å². The quantitative estimate of drug-likeness (QED) is 0.392. The van der Waals surface area contributed by atoms with Crippen molar-refractivity contribution in [1.82, 2.24) is 0 Å². The molecule has 1 heterocycles. The van der Waals surface area contributed by atoms with Gasteiger partial charge < -0.3 is 16.0 Å². The topological polar surface area (TPSA) is 53.6 Å². The lowest BCUT2D eigenvalue weighted by atomic mass is 10.1. The lowest BCUT2D eigenvalue weighted by Gasteiger charge is -2.19. The van der Waals surface area contributed by atoms with Gasteiger partial charge in [-0.1, -0.05) is 18.2 Å². The van der Waals surface area contributed by atoms with Crippen LogP contribution in [0.4, 0.5) is 15.8 Å². The molecule has 0 radical (unpaired) electrons. The minimum atomic E-state index is -0.158. The molecule has 27 heavy (non-hydrogen) atoms. The Kier molecular flexibility index (Phi) is 6.57. The van der Waals surface area contributed by atoms with E-state index in [2.05, 4.69) is 33.4 Å². The normalized spacial score (nSPS) is 18.9. The average molecular weight is 480 g/mol. The summed E-state index contributed by atoms with van der Waals surface area (Å²) >= 11 is 0. The van der Waals surface area contributed by atoms with Gasteiger partial charge in [-0.05, 0) is 67.0 Å². The van der Waals surface area contributed by atoms with E-state index in [1.165, 1.54) is 30.0 Å². The Hall–Kier alpha value is -1.83. The largest absolute Gasteiger partial charge is 0.370 e. The molecule has 1 saturated heterocycles. The van der Waals surface area contributed by atoms with E-state index in [0.717, 1.165) is 31.6 Å². The molecule has 4 nitrogen and oxygen atoms in total. The van der Waals surface area contributed by atoms with Crippen molar-refractivity contribution >= 4 is 41.3 Å². The van der Waals surface area contributed by atoms with E-state index in [1.807, 2.05) is 12.1 Å². The second-order valence-electron chi connectivity index (χ2n) is 7.24. The minimum absolute atomic E-state index is 0. The van der Waals surface area contributed by atoms with E-state index in [4.69, 9.17) is 5.73 Å². The van der Waals surface area contributed by atoms with E-state index in [-0.39, 0.29) is 29.8 Å². The number of fused-ring (bicyclic) bond motifs is 1. The van der Waals surface area contributed by atoms with Gasteiger partial charge in [-0.15, -0.1) is 24.0 Å². The Morgan fingerprint density at radius 1 is 1.19 bits per heavy atom. The van der Waals surface area contributed by atoms with E-state index in [9.17, 15) is 4.39 Å². The van der Waals surface area contributed by atoms with Crippen molar-refractivity contribution in [2.45, 2.75) is 25.7 Å². The summed E-state index contributed by atoms with van der Waals surface area (Å²) in [5.74, 6) is 0.691. The van der Waals surface area contributed by atoms with Gasteiger partial charge >= 0.3 is 0 Å². The van der Waals surface area contributed by atoms with Gasteiger partial charge in [0, 0.05) is 25.3 Å². The number of nitrogens with zero attached hydrogens (tertiary/aromatic N) is 2. The smallest absolute Gasteiger partial charge is 0.193 e. The van der Waals surface area contributed by atoms with Crippen molar-refractivity contribution in [3.8, 4) is 0 Å². The molecule has 2 aromatic carbocycles. The van der Waals surface area contributed by atoms with Crippen molar-refractivity contribution in [2.75, 3.05) is 29.9 Å². The number of benzene rings is 2. The average Bonchev–Trinajstić information content (AvgIpc) is 3.29. The molecule has 6 heteroatoms. The third-order valence-electron chi connectivity index (χ3n) is 5.37. The van der Waals surface area contributed by atoms with E-state index in [0.29, 0.717) is 24.1 Å². The molecule has 0 spiro atoms. The summed E-state index contributed by atoms with van der Waals surface area (Å²) in [5, 5.41) is 3.20. The summed E-state index contributed by atoms with van der Waals surface area (Å²) in [5.41, 5.74) is 10.6. The van der Waals surface area contributed by atoms with E-state index < -0.39 is 0 Å². The van der Waals surface area contributed by atoms with Gasteiger partial charge in [-0.3, -0.25) is 4.99 Å². The predicted molar refractivity (Wildman–Crippen MR) is 121 cm³/mol. The summed E-state index contributed by atoms with van der Waals surface area (Å²) in [6.45, 7) is 2.34. The van der Waals surface area contributed by atoms with Gasteiger partial charge in [0.1, 0.15) is 5.82 Å². The van der Waals surface area contributed by atoms with E-state index >= 15 is 0 Å². The van der Waals surface area contributed by atoms with Crippen LogP contribution in [0.1, 0.15) is 24.0 Å². The fourth-order valence-electron chi connectivity index (χ4n) is 3.97. The monoisotopic (exact) mass is 480 g/mol. The molecule has 1 unspecified atom stereocenters. The molecule has 1 aliphatic carbocycles. The number of nitrogens with two attached hydrogens (primary N) is 1. The van der Waals surface area contributed by atoms with Crippen molar-refractivity contribution in [3.63, 3.8) is 0 Å². The van der Waals surface area contributed by atoms with Gasteiger partial charge in [0.2, 0.25) is 0 Å².